The number of benzene rings is 2. The first-order valence-corrected chi connectivity index (χ1v) is 9.38. The average Bonchev–Trinajstić information content (AvgIpc) is 2.88. The highest BCUT2D eigenvalue weighted by atomic mass is 79.9. The Hall–Kier alpha value is -2.65. The predicted molar refractivity (Wildman–Crippen MR) is 109 cm³/mol. The SMILES string of the molecule is Cc1cc(C)cc(N=C2NC(=O)/C(=C/c3cc(Br)c(O)c([N+](=O)[O-])c3)S2)c1. The second-order valence-corrected chi connectivity index (χ2v) is 7.84. The summed E-state index contributed by atoms with van der Waals surface area (Å²) in [7, 11) is 0. The molecule has 0 saturated carbocycles. The molecule has 27 heavy (non-hydrogen) atoms. The van der Waals surface area contributed by atoms with E-state index in [2.05, 4.69) is 26.2 Å². The van der Waals surface area contributed by atoms with E-state index in [0.717, 1.165) is 28.6 Å². The normalized spacial score (nSPS) is 16.8. The van der Waals surface area contributed by atoms with Crippen LogP contribution in [0.5, 0.6) is 5.75 Å². The Bertz CT molecular complexity index is 1010. The standard InChI is InChI=1S/C18H14BrN3O4S/c1-9-3-10(2)5-12(4-9)20-18-21-17(24)15(27-18)8-11-6-13(19)16(23)14(7-11)22(25)26/h3-8,23H,1-2H3,(H,20,21,24)/b15-8-. The molecule has 9 heteroatoms. The summed E-state index contributed by atoms with van der Waals surface area (Å²) in [5.41, 5.74) is 2.85. The Balaban J connectivity index is 1.92. The number of amidine groups is 1. The van der Waals surface area contributed by atoms with Crippen LogP contribution in [0.4, 0.5) is 11.4 Å². The predicted octanol–water partition coefficient (Wildman–Crippen LogP) is 4.57. The zero-order valence-corrected chi connectivity index (χ0v) is 16.7. The molecule has 3 rings (SSSR count). The lowest BCUT2D eigenvalue weighted by atomic mass is 10.1. The molecule has 0 aromatic heterocycles. The molecule has 1 heterocycles. The van der Waals surface area contributed by atoms with Gasteiger partial charge in [-0.1, -0.05) is 6.07 Å². The second-order valence-electron chi connectivity index (χ2n) is 5.96. The van der Waals surface area contributed by atoms with Gasteiger partial charge in [0.05, 0.1) is 20.0 Å². The van der Waals surface area contributed by atoms with E-state index < -0.39 is 16.4 Å². The number of phenolic OH excluding ortho intramolecular Hbond substituents is 1. The number of hydrogen-bond acceptors (Lipinski definition) is 6. The van der Waals surface area contributed by atoms with Gasteiger partial charge in [0.2, 0.25) is 5.75 Å². The molecule has 1 fully saturated rings. The summed E-state index contributed by atoms with van der Waals surface area (Å²) in [6.45, 7) is 3.94. The molecule has 7 nitrogen and oxygen atoms in total. The molecule has 0 aliphatic carbocycles. The third-order valence-electron chi connectivity index (χ3n) is 3.65. The van der Waals surface area contributed by atoms with Crippen molar-refractivity contribution >= 4 is 56.2 Å². The molecule has 2 aromatic carbocycles. The minimum Gasteiger partial charge on any atom is -0.501 e. The zero-order valence-electron chi connectivity index (χ0n) is 14.3. The van der Waals surface area contributed by atoms with Gasteiger partial charge >= 0.3 is 5.69 Å². The quantitative estimate of drug-likeness (QED) is 0.407. The maximum absolute atomic E-state index is 12.2. The molecule has 0 unspecified atom stereocenters. The zero-order chi connectivity index (χ0) is 19.7. The van der Waals surface area contributed by atoms with Crippen LogP contribution in [0, 0.1) is 24.0 Å². The number of hydrogen-bond donors (Lipinski definition) is 2. The van der Waals surface area contributed by atoms with Crippen LogP contribution >= 0.6 is 27.7 Å². The Morgan fingerprint density at radius 1 is 1.22 bits per heavy atom. The fraction of sp³-hybridized carbons (Fsp3) is 0.111. The minimum atomic E-state index is -0.684. The van der Waals surface area contributed by atoms with Gasteiger partial charge in [-0.15, -0.1) is 0 Å². The van der Waals surface area contributed by atoms with Crippen LogP contribution in [0.3, 0.4) is 0 Å². The van der Waals surface area contributed by atoms with E-state index >= 15 is 0 Å². The van der Waals surface area contributed by atoms with Gasteiger partial charge in [-0.05, 0) is 82.5 Å². The van der Waals surface area contributed by atoms with Gasteiger partial charge < -0.3 is 10.4 Å². The van der Waals surface area contributed by atoms with E-state index in [0.29, 0.717) is 15.6 Å². The van der Waals surface area contributed by atoms with E-state index in [-0.39, 0.29) is 10.4 Å². The molecule has 1 amide bonds. The molecular formula is C18H14BrN3O4S. The summed E-state index contributed by atoms with van der Waals surface area (Å²) in [5, 5.41) is 23.9. The topological polar surface area (TPSA) is 105 Å². The number of carbonyl (C=O) groups excluding carboxylic acids is 1. The fourth-order valence-electron chi connectivity index (χ4n) is 2.59. The summed E-state index contributed by atoms with van der Waals surface area (Å²) in [5.74, 6) is -0.794. The van der Waals surface area contributed by atoms with E-state index in [1.165, 1.54) is 18.2 Å². The van der Waals surface area contributed by atoms with Crippen LogP contribution in [0.2, 0.25) is 0 Å². The lowest BCUT2D eigenvalue weighted by Crippen LogP contribution is -2.19. The first-order valence-electron chi connectivity index (χ1n) is 7.78. The highest BCUT2D eigenvalue weighted by Gasteiger charge is 2.25. The lowest BCUT2D eigenvalue weighted by Gasteiger charge is -2.02. The molecule has 2 aromatic rings. The van der Waals surface area contributed by atoms with Crippen LogP contribution in [-0.4, -0.2) is 21.1 Å². The number of halogens is 1. The van der Waals surface area contributed by atoms with Crippen LogP contribution in [0.15, 0.2) is 44.7 Å². The van der Waals surface area contributed by atoms with Gasteiger partial charge in [-0.3, -0.25) is 14.9 Å². The van der Waals surface area contributed by atoms with Gasteiger partial charge in [0.1, 0.15) is 0 Å². The number of nitrogens with one attached hydrogen (secondary N) is 1. The van der Waals surface area contributed by atoms with Crippen molar-refractivity contribution in [1.29, 1.82) is 0 Å². The number of thioether (sulfide) groups is 1. The average molecular weight is 448 g/mol. The van der Waals surface area contributed by atoms with Crippen molar-refractivity contribution in [2.24, 2.45) is 4.99 Å². The van der Waals surface area contributed by atoms with Crippen molar-refractivity contribution in [3.8, 4) is 5.75 Å². The molecule has 1 saturated heterocycles. The third-order valence-corrected chi connectivity index (χ3v) is 5.16. The maximum Gasteiger partial charge on any atom is 0.312 e. The smallest absolute Gasteiger partial charge is 0.312 e. The minimum absolute atomic E-state index is 0.177. The summed E-state index contributed by atoms with van der Waals surface area (Å²) in [4.78, 5) is 27.4. The lowest BCUT2D eigenvalue weighted by molar-refractivity contribution is -0.386. The number of nitrogens with zero attached hydrogens (tertiary/aromatic N) is 2. The molecule has 0 atom stereocenters. The highest BCUT2D eigenvalue weighted by molar-refractivity contribution is 9.10. The van der Waals surface area contributed by atoms with Crippen molar-refractivity contribution in [2.75, 3.05) is 0 Å². The van der Waals surface area contributed by atoms with E-state index in [9.17, 15) is 20.0 Å². The molecular weight excluding hydrogens is 434 g/mol. The third kappa shape index (κ3) is 4.37. The summed E-state index contributed by atoms with van der Waals surface area (Å²) < 4.78 is 0.177. The van der Waals surface area contributed by atoms with E-state index in [4.69, 9.17) is 0 Å². The Kier molecular flexibility index (Phi) is 5.33. The van der Waals surface area contributed by atoms with E-state index in [1.807, 2.05) is 32.0 Å². The van der Waals surface area contributed by atoms with Gasteiger partial charge in [-0.25, -0.2) is 4.99 Å². The second kappa shape index (κ2) is 7.53. The number of phenols is 1. The largest absolute Gasteiger partial charge is 0.501 e. The highest BCUT2D eigenvalue weighted by Crippen LogP contribution is 2.37. The number of carbonyl (C=O) groups is 1. The van der Waals surface area contributed by atoms with Crippen molar-refractivity contribution in [3.05, 3.63) is 66.5 Å². The van der Waals surface area contributed by atoms with Crippen LogP contribution in [-0.2, 0) is 4.79 Å². The van der Waals surface area contributed by atoms with Crippen molar-refractivity contribution in [2.45, 2.75) is 13.8 Å². The van der Waals surface area contributed by atoms with Crippen molar-refractivity contribution in [1.82, 2.24) is 5.32 Å². The molecule has 0 radical (unpaired) electrons. The number of nitro groups is 1. The molecule has 0 spiro atoms. The first-order chi connectivity index (χ1) is 12.7. The van der Waals surface area contributed by atoms with Crippen LogP contribution < -0.4 is 5.32 Å². The monoisotopic (exact) mass is 447 g/mol. The fourth-order valence-corrected chi connectivity index (χ4v) is 3.90. The van der Waals surface area contributed by atoms with Crippen molar-refractivity contribution in [3.63, 3.8) is 0 Å². The number of rotatable bonds is 3. The van der Waals surface area contributed by atoms with Gasteiger partial charge in [0.25, 0.3) is 5.91 Å². The van der Waals surface area contributed by atoms with Crippen molar-refractivity contribution < 1.29 is 14.8 Å². The maximum atomic E-state index is 12.2. The Morgan fingerprint density at radius 2 is 1.89 bits per heavy atom. The van der Waals surface area contributed by atoms with E-state index in [1.54, 1.807) is 0 Å². The number of aliphatic imine (C=N–C) groups is 1. The number of nitro benzene ring substituents is 1. The van der Waals surface area contributed by atoms with Crippen LogP contribution in [0.25, 0.3) is 6.08 Å². The van der Waals surface area contributed by atoms with Gasteiger partial charge in [0.15, 0.2) is 5.17 Å². The Labute approximate surface area is 167 Å². The molecule has 0 bridgehead atoms. The van der Waals surface area contributed by atoms with Gasteiger partial charge in [0, 0.05) is 6.07 Å². The molecule has 1 aliphatic rings. The number of aryl methyl sites for hydroxylation is 2. The summed E-state index contributed by atoms with van der Waals surface area (Å²) >= 11 is 4.23. The Morgan fingerprint density at radius 3 is 2.52 bits per heavy atom. The number of amides is 1. The molecule has 1 aliphatic heterocycles. The molecule has 2 N–H and O–H groups in total. The summed E-state index contributed by atoms with van der Waals surface area (Å²) in [6, 6.07) is 8.57. The number of aromatic hydroxyl groups is 1. The van der Waals surface area contributed by atoms with Crippen LogP contribution in [0.1, 0.15) is 16.7 Å². The molecule has 138 valence electrons. The summed E-state index contributed by atoms with van der Waals surface area (Å²) in [6.07, 6.45) is 1.52. The van der Waals surface area contributed by atoms with Gasteiger partial charge in [-0.2, -0.15) is 0 Å². The first kappa shape index (κ1) is 19.1.